The monoisotopic (exact) mass is 262 g/mol. The molecule has 94 valence electrons. The first-order valence-electron chi connectivity index (χ1n) is 5.51. The fourth-order valence-corrected chi connectivity index (χ4v) is 2.08. The standard InChI is InChI=1S/C14H14O3S/c1-11-3-5-12(6-4-11)13-7-9-14(10-8-13)17-18(2,15)16/h3-10H,1-2H3. The van der Waals surface area contributed by atoms with E-state index >= 15 is 0 Å². The second-order valence-corrected chi connectivity index (χ2v) is 5.75. The van der Waals surface area contributed by atoms with Gasteiger partial charge in [-0.1, -0.05) is 42.0 Å². The Morgan fingerprint density at radius 3 is 1.72 bits per heavy atom. The third kappa shape index (κ3) is 3.34. The van der Waals surface area contributed by atoms with Gasteiger partial charge in [0.2, 0.25) is 0 Å². The molecule has 0 N–H and O–H groups in total. The zero-order chi connectivity index (χ0) is 13.2. The van der Waals surface area contributed by atoms with Gasteiger partial charge in [0.1, 0.15) is 5.75 Å². The van der Waals surface area contributed by atoms with E-state index in [2.05, 4.69) is 0 Å². The van der Waals surface area contributed by atoms with Gasteiger partial charge in [-0.2, -0.15) is 8.42 Å². The van der Waals surface area contributed by atoms with Crippen molar-refractivity contribution in [2.45, 2.75) is 6.92 Å². The fraction of sp³-hybridized carbons (Fsp3) is 0.143. The Kier molecular flexibility index (Phi) is 3.39. The third-order valence-corrected chi connectivity index (χ3v) is 2.98. The van der Waals surface area contributed by atoms with E-state index in [9.17, 15) is 8.42 Å². The maximum atomic E-state index is 11.0. The Hall–Kier alpha value is -1.81. The summed E-state index contributed by atoms with van der Waals surface area (Å²) in [4.78, 5) is 0. The number of benzene rings is 2. The van der Waals surface area contributed by atoms with Gasteiger partial charge in [0, 0.05) is 0 Å². The molecule has 0 saturated heterocycles. The smallest absolute Gasteiger partial charge is 0.306 e. The molecule has 0 bridgehead atoms. The van der Waals surface area contributed by atoms with Crippen LogP contribution in [0.4, 0.5) is 0 Å². The normalized spacial score (nSPS) is 11.2. The Morgan fingerprint density at radius 1 is 0.833 bits per heavy atom. The summed E-state index contributed by atoms with van der Waals surface area (Å²) in [5.74, 6) is 0.327. The average Bonchev–Trinajstić information content (AvgIpc) is 2.29. The van der Waals surface area contributed by atoms with Gasteiger partial charge in [0.15, 0.2) is 0 Å². The second kappa shape index (κ2) is 4.82. The highest BCUT2D eigenvalue weighted by molar-refractivity contribution is 7.86. The van der Waals surface area contributed by atoms with E-state index in [-0.39, 0.29) is 0 Å². The average molecular weight is 262 g/mol. The Morgan fingerprint density at radius 2 is 1.28 bits per heavy atom. The van der Waals surface area contributed by atoms with Crippen molar-refractivity contribution < 1.29 is 12.6 Å². The van der Waals surface area contributed by atoms with Crippen molar-refractivity contribution in [1.82, 2.24) is 0 Å². The van der Waals surface area contributed by atoms with E-state index in [1.54, 1.807) is 12.1 Å². The van der Waals surface area contributed by atoms with Crippen molar-refractivity contribution in [3.63, 3.8) is 0 Å². The van der Waals surface area contributed by atoms with Crippen LogP contribution in [0.5, 0.6) is 5.75 Å². The highest BCUT2D eigenvalue weighted by Gasteiger charge is 2.04. The highest BCUT2D eigenvalue weighted by Crippen LogP contribution is 2.23. The summed E-state index contributed by atoms with van der Waals surface area (Å²) in [6.45, 7) is 2.03. The first-order chi connectivity index (χ1) is 8.44. The first kappa shape index (κ1) is 12.6. The molecule has 0 aliphatic carbocycles. The zero-order valence-corrected chi connectivity index (χ0v) is 11.1. The summed E-state index contributed by atoms with van der Waals surface area (Å²) in [5.41, 5.74) is 3.32. The molecule has 2 aromatic carbocycles. The number of hydrogen-bond acceptors (Lipinski definition) is 3. The fourth-order valence-electron chi connectivity index (χ4n) is 1.62. The maximum Gasteiger partial charge on any atom is 0.306 e. The molecule has 0 aromatic heterocycles. The molecule has 0 amide bonds. The molecule has 4 heteroatoms. The molecule has 0 heterocycles. The van der Waals surface area contributed by atoms with Crippen LogP contribution in [0, 0.1) is 6.92 Å². The molecule has 2 rings (SSSR count). The quantitative estimate of drug-likeness (QED) is 0.799. The van der Waals surface area contributed by atoms with Gasteiger partial charge in [0.25, 0.3) is 0 Å². The van der Waals surface area contributed by atoms with E-state index in [1.165, 1.54) is 5.56 Å². The van der Waals surface area contributed by atoms with Crippen LogP contribution in [0.2, 0.25) is 0 Å². The predicted octanol–water partition coefficient (Wildman–Crippen LogP) is 3.00. The molecule has 3 nitrogen and oxygen atoms in total. The molecule has 0 radical (unpaired) electrons. The van der Waals surface area contributed by atoms with E-state index in [0.717, 1.165) is 17.4 Å². The number of rotatable bonds is 3. The highest BCUT2D eigenvalue weighted by atomic mass is 32.2. The van der Waals surface area contributed by atoms with Crippen LogP contribution in [0.1, 0.15) is 5.56 Å². The first-order valence-corrected chi connectivity index (χ1v) is 7.32. The molecule has 0 atom stereocenters. The lowest BCUT2D eigenvalue weighted by Crippen LogP contribution is -2.05. The topological polar surface area (TPSA) is 43.4 Å². The van der Waals surface area contributed by atoms with Gasteiger partial charge < -0.3 is 4.18 Å². The molecular weight excluding hydrogens is 248 g/mol. The Bertz CT molecular complexity index is 626. The molecule has 0 fully saturated rings. The van der Waals surface area contributed by atoms with Crippen LogP contribution in [-0.2, 0) is 10.1 Å². The number of hydrogen-bond donors (Lipinski definition) is 0. The zero-order valence-electron chi connectivity index (χ0n) is 10.3. The summed E-state index contributed by atoms with van der Waals surface area (Å²) < 4.78 is 26.7. The van der Waals surface area contributed by atoms with Gasteiger partial charge in [-0.3, -0.25) is 0 Å². The van der Waals surface area contributed by atoms with Crippen molar-refractivity contribution in [3.8, 4) is 16.9 Å². The van der Waals surface area contributed by atoms with E-state index in [4.69, 9.17) is 4.18 Å². The Labute approximate surface area is 107 Å². The molecule has 18 heavy (non-hydrogen) atoms. The van der Waals surface area contributed by atoms with E-state index in [1.807, 2.05) is 43.3 Å². The summed E-state index contributed by atoms with van der Waals surface area (Å²) in [5, 5.41) is 0. The molecule has 0 spiro atoms. The third-order valence-electron chi connectivity index (χ3n) is 2.49. The molecule has 0 aliphatic heterocycles. The van der Waals surface area contributed by atoms with E-state index < -0.39 is 10.1 Å². The van der Waals surface area contributed by atoms with Crippen LogP contribution < -0.4 is 4.18 Å². The van der Waals surface area contributed by atoms with Crippen molar-refractivity contribution in [2.24, 2.45) is 0 Å². The van der Waals surface area contributed by atoms with Gasteiger partial charge in [-0.25, -0.2) is 0 Å². The number of aryl methyl sites for hydroxylation is 1. The minimum Gasteiger partial charge on any atom is -0.383 e. The van der Waals surface area contributed by atoms with E-state index in [0.29, 0.717) is 5.75 Å². The van der Waals surface area contributed by atoms with Crippen LogP contribution in [0.15, 0.2) is 48.5 Å². The van der Waals surface area contributed by atoms with Gasteiger partial charge in [0.05, 0.1) is 6.26 Å². The lowest BCUT2D eigenvalue weighted by Gasteiger charge is -2.05. The predicted molar refractivity (Wildman–Crippen MR) is 72.1 cm³/mol. The largest absolute Gasteiger partial charge is 0.383 e. The van der Waals surface area contributed by atoms with Gasteiger partial charge >= 0.3 is 10.1 Å². The van der Waals surface area contributed by atoms with Gasteiger partial charge in [-0.15, -0.1) is 0 Å². The van der Waals surface area contributed by atoms with Crippen LogP contribution in [0.25, 0.3) is 11.1 Å². The summed E-state index contributed by atoms with van der Waals surface area (Å²) in [7, 11) is -3.46. The van der Waals surface area contributed by atoms with Crippen molar-refractivity contribution in [3.05, 3.63) is 54.1 Å². The van der Waals surface area contributed by atoms with Crippen LogP contribution in [0.3, 0.4) is 0 Å². The molecule has 0 unspecified atom stereocenters. The molecule has 0 aliphatic rings. The van der Waals surface area contributed by atoms with Crippen LogP contribution >= 0.6 is 0 Å². The van der Waals surface area contributed by atoms with Crippen LogP contribution in [-0.4, -0.2) is 14.7 Å². The molecular formula is C14H14O3S. The van der Waals surface area contributed by atoms with Crippen molar-refractivity contribution >= 4 is 10.1 Å². The summed E-state index contributed by atoms with van der Waals surface area (Å²) in [6, 6.07) is 15.1. The second-order valence-electron chi connectivity index (χ2n) is 4.18. The molecule has 0 saturated carbocycles. The molecule has 2 aromatic rings. The SMILES string of the molecule is Cc1ccc(-c2ccc(OS(C)(=O)=O)cc2)cc1. The van der Waals surface area contributed by atoms with Crippen molar-refractivity contribution in [2.75, 3.05) is 6.26 Å². The van der Waals surface area contributed by atoms with Crippen molar-refractivity contribution in [1.29, 1.82) is 0 Å². The summed E-state index contributed by atoms with van der Waals surface area (Å²) in [6.07, 6.45) is 1.03. The lowest BCUT2D eigenvalue weighted by molar-refractivity contribution is 0.493. The lowest BCUT2D eigenvalue weighted by atomic mass is 10.0. The van der Waals surface area contributed by atoms with Gasteiger partial charge in [-0.05, 0) is 30.2 Å². The maximum absolute atomic E-state index is 11.0. The summed E-state index contributed by atoms with van der Waals surface area (Å²) >= 11 is 0. The minimum atomic E-state index is -3.46. The minimum absolute atomic E-state index is 0.327. The Balaban J connectivity index is 2.25.